The summed E-state index contributed by atoms with van der Waals surface area (Å²) in [6, 6.07) is 12.6. The fraction of sp³-hybridized carbons (Fsp3) is 0.250. The number of rotatable bonds is 6. The van der Waals surface area contributed by atoms with Crippen molar-refractivity contribution in [1.82, 2.24) is 4.98 Å². The second-order valence-electron chi connectivity index (χ2n) is 6.12. The van der Waals surface area contributed by atoms with E-state index in [1.807, 2.05) is 30.4 Å². The Morgan fingerprint density at radius 2 is 1.92 bits per heavy atom. The third kappa shape index (κ3) is 4.47. The van der Waals surface area contributed by atoms with Gasteiger partial charge in [-0.15, -0.1) is 0 Å². The standard InChI is InChI=1S/C20H20N2O4/c23-19(17-9-1-2-10-18(17)20(24)25)22-14-7-5-8-16(12-14)26-13-15-6-3-4-11-21-15/h1-8,11-12,17-18H,9-10,13H2,(H,22,23)(H,24,25)/t17-,18+/m0/s1. The van der Waals surface area contributed by atoms with E-state index in [1.54, 1.807) is 30.5 Å². The molecule has 134 valence electrons. The predicted molar refractivity (Wildman–Crippen MR) is 96.6 cm³/mol. The molecular weight excluding hydrogens is 332 g/mol. The highest BCUT2D eigenvalue weighted by molar-refractivity contribution is 5.95. The second kappa shape index (κ2) is 8.29. The Bertz CT molecular complexity index is 804. The molecule has 2 aromatic rings. The second-order valence-corrected chi connectivity index (χ2v) is 6.12. The van der Waals surface area contributed by atoms with Crippen molar-refractivity contribution in [2.24, 2.45) is 11.8 Å². The number of carbonyl (C=O) groups is 2. The van der Waals surface area contributed by atoms with Gasteiger partial charge in [-0.1, -0.05) is 24.3 Å². The summed E-state index contributed by atoms with van der Waals surface area (Å²) in [7, 11) is 0. The number of hydrogen-bond acceptors (Lipinski definition) is 4. The lowest BCUT2D eigenvalue weighted by molar-refractivity contribution is -0.146. The van der Waals surface area contributed by atoms with Gasteiger partial charge in [0.1, 0.15) is 12.4 Å². The van der Waals surface area contributed by atoms with Crippen LogP contribution in [0.1, 0.15) is 18.5 Å². The first-order chi connectivity index (χ1) is 12.6. The minimum Gasteiger partial charge on any atom is -0.487 e. The van der Waals surface area contributed by atoms with E-state index >= 15 is 0 Å². The first kappa shape index (κ1) is 17.7. The Kier molecular flexibility index (Phi) is 5.63. The number of carboxylic acids is 1. The lowest BCUT2D eigenvalue weighted by atomic mass is 9.82. The van der Waals surface area contributed by atoms with E-state index in [9.17, 15) is 14.7 Å². The van der Waals surface area contributed by atoms with Gasteiger partial charge < -0.3 is 15.2 Å². The molecule has 0 unspecified atom stereocenters. The number of hydrogen-bond donors (Lipinski definition) is 2. The topological polar surface area (TPSA) is 88.5 Å². The van der Waals surface area contributed by atoms with E-state index < -0.39 is 17.8 Å². The van der Waals surface area contributed by atoms with E-state index in [4.69, 9.17) is 4.74 Å². The third-order valence-corrected chi connectivity index (χ3v) is 4.30. The van der Waals surface area contributed by atoms with Crippen LogP contribution in [-0.4, -0.2) is 22.0 Å². The van der Waals surface area contributed by atoms with Crippen molar-refractivity contribution >= 4 is 17.6 Å². The van der Waals surface area contributed by atoms with Crippen molar-refractivity contribution in [3.8, 4) is 5.75 Å². The minimum atomic E-state index is -0.943. The summed E-state index contributed by atoms with van der Waals surface area (Å²) < 4.78 is 5.70. The summed E-state index contributed by atoms with van der Waals surface area (Å²) in [5.74, 6) is -1.89. The number of anilines is 1. The van der Waals surface area contributed by atoms with Gasteiger partial charge in [-0.25, -0.2) is 0 Å². The molecule has 3 rings (SSSR count). The normalized spacial score (nSPS) is 18.9. The van der Waals surface area contributed by atoms with Crippen LogP contribution in [0.4, 0.5) is 5.69 Å². The number of pyridine rings is 1. The fourth-order valence-corrected chi connectivity index (χ4v) is 2.92. The number of nitrogens with zero attached hydrogens (tertiary/aromatic N) is 1. The molecule has 0 bridgehead atoms. The van der Waals surface area contributed by atoms with E-state index in [0.29, 0.717) is 30.9 Å². The summed E-state index contributed by atoms with van der Waals surface area (Å²) in [6.07, 6.45) is 6.18. The molecule has 0 radical (unpaired) electrons. The van der Waals surface area contributed by atoms with Gasteiger partial charge in [-0.05, 0) is 37.1 Å². The van der Waals surface area contributed by atoms with Crippen molar-refractivity contribution < 1.29 is 19.4 Å². The smallest absolute Gasteiger partial charge is 0.307 e. The maximum Gasteiger partial charge on any atom is 0.307 e. The molecule has 1 aromatic carbocycles. The Labute approximate surface area is 151 Å². The van der Waals surface area contributed by atoms with Gasteiger partial charge in [0, 0.05) is 18.0 Å². The van der Waals surface area contributed by atoms with Crippen molar-refractivity contribution in [2.45, 2.75) is 19.4 Å². The molecule has 1 amide bonds. The SMILES string of the molecule is O=C(Nc1cccc(OCc2ccccn2)c1)[C@H]1CC=CC[C@H]1C(=O)O. The molecular formula is C20H20N2O4. The number of aromatic nitrogens is 1. The van der Waals surface area contributed by atoms with Crippen LogP contribution in [0.15, 0.2) is 60.8 Å². The molecule has 1 aliphatic rings. The van der Waals surface area contributed by atoms with Gasteiger partial charge >= 0.3 is 5.97 Å². The van der Waals surface area contributed by atoms with E-state index in [1.165, 1.54) is 0 Å². The van der Waals surface area contributed by atoms with Gasteiger partial charge in [0.2, 0.25) is 5.91 Å². The van der Waals surface area contributed by atoms with Crippen LogP contribution in [-0.2, 0) is 16.2 Å². The maximum absolute atomic E-state index is 12.5. The number of benzene rings is 1. The predicted octanol–water partition coefficient (Wildman–Crippen LogP) is 3.27. The highest BCUT2D eigenvalue weighted by Gasteiger charge is 2.33. The first-order valence-corrected chi connectivity index (χ1v) is 8.45. The zero-order valence-corrected chi connectivity index (χ0v) is 14.2. The average Bonchev–Trinajstić information content (AvgIpc) is 2.67. The maximum atomic E-state index is 12.5. The van der Waals surface area contributed by atoms with E-state index in [-0.39, 0.29) is 5.91 Å². The molecule has 0 saturated heterocycles. The highest BCUT2D eigenvalue weighted by Crippen LogP contribution is 2.28. The molecule has 2 N–H and O–H groups in total. The van der Waals surface area contributed by atoms with Gasteiger partial charge in [0.25, 0.3) is 0 Å². The number of allylic oxidation sites excluding steroid dienone is 2. The van der Waals surface area contributed by atoms with Crippen LogP contribution >= 0.6 is 0 Å². The quantitative estimate of drug-likeness (QED) is 0.779. The lowest BCUT2D eigenvalue weighted by Crippen LogP contribution is -2.34. The molecule has 6 nitrogen and oxygen atoms in total. The largest absolute Gasteiger partial charge is 0.487 e. The Balaban J connectivity index is 1.63. The van der Waals surface area contributed by atoms with Crippen molar-refractivity contribution in [3.63, 3.8) is 0 Å². The lowest BCUT2D eigenvalue weighted by Gasteiger charge is -2.24. The van der Waals surface area contributed by atoms with E-state index in [2.05, 4.69) is 10.3 Å². The van der Waals surface area contributed by atoms with Crippen molar-refractivity contribution in [2.75, 3.05) is 5.32 Å². The van der Waals surface area contributed by atoms with Gasteiger partial charge in [0.05, 0.1) is 17.5 Å². The van der Waals surface area contributed by atoms with Gasteiger partial charge in [0.15, 0.2) is 0 Å². The summed E-state index contributed by atoms with van der Waals surface area (Å²) >= 11 is 0. The zero-order chi connectivity index (χ0) is 18.4. The Morgan fingerprint density at radius 3 is 2.65 bits per heavy atom. The summed E-state index contributed by atoms with van der Waals surface area (Å²) in [5, 5.41) is 12.1. The molecule has 0 spiro atoms. The van der Waals surface area contributed by atoms with Gasteiger partial charge in [-0.3, -0.25) is 14.6 Å². The number of ether oxygens (including phenoxy) is 1. The molecule has 2 atom stereocenters. The molecule has 1 heterocycles. The van der Waals surface area contributed by atoms with Crippen LogP contribution in [0, 0.1) is 11.8 Å². The molecule has 0 saturated carbocycles. The summed E-state index contributed by atoms with van der Waals surface area (Å²) in [6.45, 7) is 0.326. The van der Waals surface area contributed by atoms with E-state index in [0.717, 1.165) is 5.69 Å². The molecule has 0 fully saturated rings. The molecule has 6 heteroatoms. The minimum absolute atomic E-state index is 0.288. The third-order valence-electron chi connectivity index (χ3n) is 4.30. The van der Waals surface area contributed by atoms with Crippen LogP contribution in [0.3, 0.4) is 0 Å². The highest BCUT2D eigenvalue weighted by atomic mass is 16.5. The zero-order valence-electron chi connectivity index (χ0n) is 14.2. The summed E-state index contributed by atoms with van der Waals surface area (Å²) in [4.78, 5) is 28.1. The number of amides is 1. The number of carbonyl (C=O) groups excluding carboxylic acids is 1. The van der Waals surface area contributed by atoms with Gasteiger partial charge in [-0.2, -0.15) is 0 Å². The number of aliphatic carboxylic acids is 1. The molecule has 26 heavy (non-hydrogen) atoms. The molecule has 0 aliphatic heterocycles. The first-order valence-electron chi connectivity index (χ1n) is 8.45. The van der Waals surface area contributed by atoms with Crippen molar-refractivity contribution in [1.29, 1.82) is 0 Å². The fourth-order valence-electron chi connectivity index (χ4n) is 2.92. The van der Waals surface area contributed by atoms with Crippen LogP contribution in [0.5, 0.6) is 5.75 Å². The molecule has 1 aliphatic carbocycles. The monoisotopic (exact) mass is 352 g/mol. The summed E-state index contributed by atoms with van der Waals surface area (Å²) in [5.41, 5.74) is 1.38. The average molecular weight is 352 g/mol. The Morgan fingerprint density at radius 1 is 1.12 bits per heavy atom. The van der Waals surface area contributed by atoms with Crippen molar-refractivity contribution in [3.05, 3.63) is 66.5 Å². The number of carboxylic acid groups (broad SMARTS) is 1. The van der Waals surface area contributed by atoms with Crippen LogP contribution < -0.4 is 10.1 Å². The Hall–Kier alpha value is -3.15. The molecule has 1 aromatic heterocycles. The van der Waals surface area contributed by atoms with Crippen LogP contribution in [0.25, 0.3) is 0 Å². The van der Waals surface area contributed by atoms with Crippen LogP contribution in [0.2, 0.25) is 0 Å². The number of nitrogens with one attached hydrogen (secondary N) is 1.